The van der Waals surface area contributed by atoms with E-state index in [2.05, 4.69) is 5.32 Å². The first-order valence-electron chi connectivity index (χ1n) is 7.98. The van der Waals surface area contributed by atoms with E-state index in [9.17, 15) is 4.79 Å². The number of halogens is 2. The smallest absolute Gasteiger partial charge is 0.262 e. The zero-order valence-electron chi connectivity index (χ0n) is 14.4. The second-order valence-electron chi connectivity index (χ2n) is 5.90. The second-order valence-corrected chi connectivity index (χ2v) is 6.72. The molecule has 0 aliphatic rings. The van der Waals surface area contributed by atoms with Gasteiger partial charge in [0.15, 0.2) is 0 Å². The fourth-order valence-electron chi connectivity index (χ4n) is 2.11. The lowest BCUT2D eigenvalue weighted by Crippen LogP contribution is -2.30. The molecule has 0 aliphatic heterocycles. The Morgan fingerprint density at radius 3 is 2.46 bits per heavy atom. The number of ether oxygens (including phenoxy) is 1. The van der Waals surface area contributed by atoms with E-state index >= 15 is 0 Å². The predicted molar refractivity (Wildman–Crippen MR) is 104 cm³/mol. The maximum Gasteiger partial charge on any atom is 0.262 e. The fraction of sp³-hybridized carbons (Fsp3) is 0.200. The van der Waals surface area contributed by atoms with Crippen LogP contribution in [0.2, 0.25) is 10.0 Å². The van der Waals surface area contributed by atoms with Crippen molar-refractivity contribution in [3.63, 3.8) is 0 Å². The summed E-state index contributed by atoms with van der Waals surface area (Å²) in [6.07, 6.45) is 1.54. The van der Waals surface area contributed by atoms with Gasteiger partial charge in [0.1, 0.15) is 24.0 Å². The van der Waals surface area contributed by atoms with Crippen molar-refractivity contribution in [3.8, 4) is 11.8 Å². The van der Waals surface area contributed by atoms with E-state index in [1.165, 1.54) is 0 Å². The SMILES string of the molecule is CC(C)NC(=O)/C(C#N)=C\c1ccc(OCc2ccc(Cl)c(Cl)c2)cc1. The molecular weight excluding hydrogens is 371 g/mol. The first-order valence-corrected chi connectivity index (χ1v) is 8.74. The van der Waals surface area contributed by atoms with Crippen LogP contribution in [0.4, 0.5) is 0 Å². The van der Waals surface area contributed by atoms with E-state index in [-0.39, 0.29) is 17.5 Å². The minimum absolute atomic E-state index is 0.0311. The van der Waals surface area contributed by atoms with Crippen LogP contribution in [0.15, 0.2) is 48.0 Å². The summed E-state index contributed by atoms with van der Waals surface area (Å²) >= 11 is 11.9. The first-order chi connectivity index (χ1) is 12.4. The zero-order valence-corrected chi connectivity index (χ0v) is 15.9. The molecule has 26 heavy (non-hydrogen) atoms. The van der Waals surface area contributed by atoms with E-state index in [0.717, 1.165) is 11.1 Å². The van der Waals surface area contributed by atoms with E-state index < -0.39 is 0 Å². The third kappa shape index (κ3) is 5.80. The second kappa shape index (κ2) is 9.28. The van der Waals surface area contributed by atoms with Crippen LogP contribution in [0.1, 0.15) is 25.0 Å². The molecule has 0 saturated heterocycles. The zero-order chi connectivity index (χ0) is 19.1. The molecule has 0 bridgehead atoms. The Bertz CT molecular complexity index is 853. The van der Waals surface area contributed by atoms with Crippen molar-refractivity contribution in [1.29, 1.82) is 5.26 Å². The van der Waals surface area contributed by atoms with Gasteiger partial charge in [-0.25, -0.2) is 0 Å². The van der Waals surface area contributed by atoms with Crippen LogP contribution < -0.4 is 10.1 Å². The van der Waals surface area contributed by atoms with Gasteiger partial charge in [-0.2, -0.15) is 5.26 Å². The van der Waals surface area contributed by atoms with Gasteiger partial charge in [-0.05, 0) is 55.3 Å². The molecule has 0 heterocycles. The summed E-state index contributed by atoms with van der Waals surface area (Å²) in [6.45, 7) is 4.03. The molecule has 0 saturated carbocycles. The largest absolute Gasteiger partial charge is 0.489 e. The highest BCUT2D eigenvalue weighted by Gasteiger charge is 2.10. The van der Waals surface area contributed by atoms with Gasteiger partial charge in [0.25, 0.3) is 5.91 Å². The molecule has 2 aromatic rings. The van der Waals surface area contributed by atoms with Gasteiger partial charge >= 0.3 is 0 Å². The number of hydrogen-bond acceptors (Lipinski definition) is 3. The molecule has 0 unspecified atom stereocenters. The maximum absolute atomic E-state index is 11.9. The number of nitriles is 1. The number of hydrogen-bond donors (Lipinski definition) is 1. The normalized spacial score (nSPS) is 11.2. The molecule has 4 nitrogen and oxygen atoms in total. The number of carbonyl (C=O) groups excluding carboxylic acids is 1. The van der Waals surface area contributed by atoms with Gasteiger partial charge in [-0.15, -0.1) is 0 Å². The number of benzene rings is 2. The van der Waals surface area contributed by atoms with E-state index in [1.807, 2.05) is 26.0 Å². The monoisotopic (exact) mass is 388 g/mol. The Morgan fingerprint density at radius 2 is 1.88 bits per heavy atom. The molecule has 0 atom stereocenters. The van der Waals surface area contributed by atoms with Crippen molar-refractivity contribution in [2.75, 3.05) is 0 Å². The Balaban J connectivity index is 2.03. The predicted octanol–water partition coefficient (Wildman–Crippen LogP) is 5.00. The van der Waals surface area contributed by atoms with Crippen LogP contribution in [0.3, 0.4) is 0 Å². The van der Waals surface area contributed by atoms with Crippen molar-refractivity contribution in [2.45, 2.75) is 26.5 Å². The van der Waals surface area contributed by atoms with Crippen LogP contribution in [-0.4, -0.2) is 11.9 Å². The number of nitrogens with zero attached hydrogens (tertiary/aromatic N) is 1. The van der Waals surface area contributed by atoms with Gasteiger partial charge in [0, 0.05) is 6.04 Å². The van der Waals surface area contributed by atoms with Crippen molar-refractivity contribution in [3.05, 3.63) is 69.2 Å². The van der Waals surface area contributed by atoms with Crippen molar-refractivity contribution >= 4 is 35.2 Å². The summed E-state index contributed by atoms with van der Waals surface area (Å²) in [5, 5.41) is 12.8. The van der Waals surface area contributed by atoms with Gasteiger partial charge in [-0.1, -0.05) is 41.4 Å². The average Bonchev–Trinajstić information content (AvgIpc) is 2.61. The lowest BCUT2D eigenvalue weighted by Gasteiger charge is -2.08. The highest BCUT2D eigenvalue weighted by molar-refractivity contribution is 6.42. The third-order valence-corrected chi connectivity index (χ3v) is 4.10. The Labute approximate surface area is 163 Å². The highest BCUT2D eigenvalue weighted by atomic mass is 35.5. The van der Waals surface area contributed by atoms with Crippen LogP contribution in [0, 0.1) is 11.3 Å². The van der Waals surface area contributed by atoms with E-state index in [0.29, 0.717) is 22.4 Å². The molecule has 2 aromatic carbocycles. The number of amides is 1. The number of rotatable bonds is 6. The average molecular weight is 389 g/mol. The van der Waals surface area contributed by atoms with E-state index in [1.54, 1.807) is 42.5 Å². The van der Waals surface area contributed by atoms with Gasteiger partial charge in [0.05, 0.1) is 10.0 Å². The lowest BCUT2D eigenvalue weighted by molar-refractivity contribution is -0.117. The number of nitrogens with one attached hydrogen (secondary N) is 1. The van der Waals surface area contributed by atoms with Crippen molar-refractivity contribution in [2.24, 2.45) is 0 Å². The maximum atomic E-state index is 11.9. The molecule has 0 radical (unpaired) electrons. The first kappa shape index (κ1) is 19.8. The van der Waals surface area contributed by atoms with Gasteiger partial charge in [0.2, 0.25) is 0 Å². The molecule has 0 aliphatic carbocycles. The molecule has 1 N–H and O–H groups in total. The van der Waals surface area contributed by atoms with Crippen molar-refractivity contribution < 1.29 is 9.53 Å². The molecule has 0 aromatic heterocycles. The minimum Gasteiger partial charge on any atom is -0.489 e. The summed E-state index contributed by atoms with van der Waals surface area (Å²) in [5.74, 6) is 0.279. The minimum atomic E-state index is -0.387. The van der Waals surface area contributed by atoms with Gasteiger partial charge < -0.3 is 10.1 Å². The standard InChI is InChI=1S/C20H18Cl2N2O2/c1-13(2)24-20(25)16(11-23)9-14-3-6-17(7-4-14)26-12-15-5-8-18(21)19(22)10-15/h3-10,13H,12H2,1-2H3,(H,24,25)/b16-9-. The van der Waals surface area contributed by atoms with Crippen LogP contribution in [-0.2, 0) is 11.4 Å². The Hall–Kier alpha value is -2.48. The fourth-order valence-corrected chi connectivity index (χ4v) is 2.43. The molecule has 6 heteroatoms. The van der Waals surface area contributed by atoms with Crippen LogP contribution >= 0.6 is 23.2 Å². The summed E-state index contributed by atoms with van der Waals surface area (Å²) < 4.78 is 5.71. The Kier molecular flexibility index (Phi) is 7.08. The third-order valence-electron chi connectivity index (χ3n) is 3.37. The summed E-state index contributed by atoms with van der Waals surface area (Å²) in [5.41, 5.74) is 1.70. The summed E-state index contributed by atoms with van der Waals surface area (Å²) in [4.78, 5) is 11.9. The van der Waals surface area contributed by atoms with Crippen molar-refractivity contribution in [1.82, 2.24) is 5.32 Å². The summed E-state index contributed by atoms with van der Waals surface area (Å²) in [6, 6.07) is 14.3. The lowest BCUT2D eigenvalue weighted by atomic mass is 10.1. The molecule has 0 spiro atoms. The van der Waals surface area contributed by atoms with Crippen LogP contribution in [0.5, 0.6) is 5.75 Å². The number of carbonyl (C=O) groups is 1. The topological polar surface area (TPSA) is 62.1 Å². The highest BCUT2D eigenvalue weighted by Crippen LogP contribution is 2.23. The van der Waals surface area contributed by atoms with Crippen LogP contribution in [0.25, 0.3) is 6.08 Å². The molecule has 134 valence electrons. The quantitative estimate of drug-likeness (QED) is 0.558. The molecule has 0 fully saturated rings. The Morgan fingerprint density at radius 1 is 1.19 bits per heavy atom. The summed E-state index contributed by atoms with van der Waals surface area (Å²) in [7, 11) is 0. The molecule has 1 amide bonds. The van der Waals surface area contributed by atoms with Gasteiger partial charge in [-0.3, -0.25) is 4.79 Å². The molecule has 2 rings (SSSR count). The molecular formula is C20H18Cl2N2O2. The van der Waals surface area contributed by atoms with E-state index in [4.69, 9.17) is 33.2 Å².